The van der Waals surface area contributed by atoms with E-state index in [0.29, 0.717) is 0 Å². The lowest BCUT2D eigenvalue weighted by atomic mass is 9.84. The number of para-hydroxylation sites is 1. The number of likely N-dealkylation sites (tertiary alicyclic amines) is 1. The number of hydrogen-bond acceptors (Lipinski definition) is 7. The predicted octanol–water partition coefficient (Wildman–Crippen LogP) is 4.95. The van der Waals surface area contributed by atoms with E-state index in [0.717, 1.165) is 11.6 Å². The highest BCUT2D eigenvalue weighted by atomic mass is 32.2. The van der Waals surface area contributed by atoms with Crippen molar-refractivity contribution in [2.24, 2.45) is 0 Å². The Morgan fingerprint density at radius 3 is 2.43 bits per heavy atom. The van der Waals surface area contributed by atoms with E-state index in [-0.39, 0.29) is 49.4 Å². The number of rotatable bonds is 7. The summed E-state index contributed by atoms with van der Waals surface area (Å²) >= 11 is 0. The molecule has 2 fully saturated rings. The van der Waals surface area contributed by atoms with Gasteiger partial charge in [-0.05, 0) is 37.0 Å². The molecule has 2 heterocycles. The van der Waals surface area contributed by atoms with Gasteiger partial charge < -0.3 is 19.0 Å². The minimum absolute atomic E-state index is 0.0209. The number of benzene rings is 3. The van der Waals surface area contributed by atoms with Crippen molar-refractivity contribution in [3.05, 3.63) is 89.7 Å². The van der Waals surface area contributed by atoms with Gasteiger partial charge in [0, 0.05) is 17.2 Å². The van der Waals surface area contributed by atoms with E-state index >= 15 is 4.39 Å². The van der Waals surface area contributed by atoms with E-state index in [4.69, 9.17) is 9.47 Å². The van der Waals surface area contributed by atoms with Crippen LogP contribution in [0.2, 0.25) is 0 Å². The Labute approximate surface area is 250 Å². The van der Waals surface area contributed by atoms with E-state index < -0.39 is 56.8 Å². The minimum Gasteiger partial charge on any atom is -0.445 e. The Morgan fingerprint density at radius 2 is 1.73 bits per heavy atom. The molecule has 0 aliphatic carbocycles. The number of amides is 2. The van der Waals surface area contributed by atoms with Crippen molar-refractivity contribution >= 4 is 22.1 Å². The Bertz CT molecular complexity index is 1650. The zero-order valence-corrected chi connectivity index (χ0v) is 24.2. The molecular formula is C30H28F4N2O7S. The number of carbonyl (C=O) groups excluding carboxylic acids is 2. The lowest BCUT2D eigenvalue weighted by Gasteiger charge is -2.41. The van der Waals surface area contributed by atoms with Gasteiger partial charge >= 0.3 is 21.7 Å². The molecule has 0 saturated carbocycles. The Hall–Kier alpha value is -4.17. The van der Waals surface area contributed by atoms with Gasteiger partial charge in [-0.1, -0.05) is 66.7 Å². The van der Waals surface area contributed by atoms with Crippen LogP contribution in [-0.2, 0) is 37.4 Å². The van der Waals surface area contributed by atoms with E-state index in [1.807, 2.05) is 6.07 Å². The second-order valence-electron chi connectivity index (χ2n) is 10.7. The van der Waals surface area contributed by atoms with Gasteiger partial charge in [0.1, 0.15) is 19.0 Å². The molecule has 3 aromatic carbocycles. The lowest BCUT2D eigenvalue weighted by molar-refractivity contribution is -0.136. The van der Waals surface area contributed by atoms with Crippen molar-refractivity contribution in [3.8, 4) is 16.9 Å². The highest BCUT2D eigenvalue weighted by Gasteiger charge is 2.55. The summed E-state index contributed by atoms with van der Waals surface area (Å²) in [7, 11) is -6.03. The number of nitrogens with one attached hydrogen (secondary N) is 1. The zero-order chi connectivity index (χ0) is 31.7. The van der Waals surface area contributed by atoms with Crippen LogP contribution in [0, 0.1) is 5.82 Å². The highest BCUT2D eigenvalue weighted by Crippen LogP contribution is 2.40. The van der Waals surface area contributed by atoms with Crippen LogP contribution >= 0.6 is 0 Å². The quantitative estimate of drug-likeness (QED) is 0.222. The van der Waals surface area contributed by atoms with Crippen LogP contribution < -0.4 is 9.50 Å². The Morgan fingerprint density at radius 1 is 1.05 bits per heavy atom. The number of hydrogen-bond donors (Lipinski definition) is 1. The number of alkyl halides is 3. The molecule has 9 nitrogen and oxygen atoms in total. The van der Waals surface area contributed by atoms with Gasteiger partial charge in [0.2, 0.25) is 5.91 Å². The fourth-order valence-electron chi connectivity index (χ4n) is 5.78. The van der Waals surface area contributed by atoms with E-state index in [1.165, 1.54) is 41.3 Å². The summed E-state index contributed by atoms with van der Waals surface area (Å²) in [6, 6.07) is 16.7. The van der Waals surface area contributed by atoms with Gasteiger partial charge in [-0.25, -0.2) is 9.18 Å². The average Bonchev–Trinajstić information content (AvgIpc) is 3.22. The summed E-state index contributed by atoms with van der Waals surface area (Å²) in [6.45, 7) is 1.62. The highest BCUT2D eigenvalue weighted by molar-refractivity contribution is 7.88. The summed E-state index contributed by atoms with van der Waals surface area (Å²) in [5, 5.41) is 2.94. The first-order valence-electron chi connectivity index (χ1n) is 13.6. The maximum absolute atomic E-state index is 16.2. The topological polar surface area (TPSA) is 111 Å². The number of carbonyl (C=O) groups is 2. The summed E-state index contributed by atoms with van der Waals surface area (Å²) in [5.41, 5.74) is -6.43. The first-order chi connectivity index (χ1) is 20.8. The molecule has 0 radical (unpaired) electrons. The monoisotopic (exact) mass is 636 g/mol. The Balaban J connectivity index is 1.49. The van der Waals surface area contributed by atoms with Gasteiger partial charge in [-0.15, -0.1) is 0 Å². The maximum atomic E-state index is 16.2. The molecule has 1 spiro atoms. The fraction of sp³-hybridized carbons (Fsp3) is 0.333. The van der Waals surface area contributed by atoms with Crippen LogP contribution in [0.15, 0.2) is 72.8 Å². The summed E-state index contributed by atoms with van der Waals surface area (Å²) in [6.07, 6.45) is -0.537. The third kappa shape index (κ3) is 6.22. The third-order valence-corrected chi connectivity index (χ3v) is 8.62. The summed E-state index contributed by atoms with van der Waals surface area (Å²) in [5.74, 6) is -1.99. The largest absolute Gasteiger partial charge is 0.534 e. The van der Waals surface area contributed by atoms with Gasteiger partial charge in [0.25, 0.3) is 0 Å². The fourth-order valence-corrected chi connectivity index (χ4v) is 6.25. The SMILES string of the molecule is C[C@@H]1CC2(COCC(=O)N2)C(Cc2cccc(-c3ccccc3OS(=O)(=O)C(F)(F)F)c2F)N1C(=O)OCc1ccccc1. The first-order valence-corrected chi connectivity index (χ1v) is 15.0. The van der Waals surface area contributed by atoms with Crippen molar-refractivity contribution in [2.45, 2.75) is 49.5 Å². The molecule has 2 saturated heterocycles. The number of ether oxygens (including phenoxy) is 2. The lowest BCUT2D eigenvalue weighted by Crippen LogP contribution is -2.64. The minimum atomic E-state index is -6.03. The molecule has 2 unspecified atom stereocenters. The molecular weight excluding hydrogens is 608 g/mol. The van der Waals surface area contributed by atoms with E-state index in [2.05, 4.69) is 9.50 Å². The van der Waals surface area contributed by atoms with E-state index in [9.17, 15) is 31.2 Å². The normalized spacial score (nSPS) is 22.1. The maximum Gasteiger partial charge on any atom is 0.534 e. The van der Waals surface area contributed by atoms with Crippen LogP contribution in [0.1, 0.15) is 24.5 Å². The van der Waals surface area contributed by atoms with Crippen molar-refractivity contribution in [2.75, 3.05) is 13.2 Å². The summed E-state index contributed by atoms with van der Waals surface area (Å²) < 4.78 is 94.3. The molecule has 14 heteroatoms. The van der Waals surface area contributed by atoms with Crippen LogP contribution in [0.5, 0.6) is 5.75 Å². The number of morpholine rings is 1. The molecule has 1 N–H and O–H groups in total. The first kappa shape index (κ1) is 31.3. The van der Waals surface area contributed by atoms with Crippen molar-refractivity contribution in [3.63, 3.8) is 0 Å². The second-order valence-corrected chi connectivity index (χ2v) is 12.2. The number of halogens is 4. The molecule has 3 atom stereocenters. The van der Waals surface area contributed by atoms with Crippen LogP contribution in [0.25, 0.3) is 11.1 Å². The zero-order valence-electron chi connectivity index (χ0n) is 23.3. The molecule has 2 amide bonds. The van der Waals surface area contributed by atoms with Gasteiger partial charge in [0.05, 0.1) is 18.2 Å². The van der Waals surface area contributed by atoms with Crippen molar-refractivity contribution in [1.29, 1.82) is 0 Å². The van der Waals surface area contributed by atoms with Gasteiger partial charge in [0.15, 0.2) is 5.75 Å². The molecule has 2 aliphatic heterocycles. The molecule has 2 aliphatic rings. The Kier molecular flexibility index (Phi) is 8.58. The smallest absolute Gasteiger partial charge is 0.445 e. The molecule has 234 valence electrons. The third-order valence-electron chi connectivity index (χ3n) is 7.66. The van der Waals surface area contributed by atoms with Gasteiger partial charge in [-0.2, -0.15) is 21.6 Å². The van der Waals surface area contributed by atoms with Gasteiger partial charge in [-0.3, -0.25) is 9.69 Å². The predicted molar refractivity (Wildman–Crippen MR) is 149 cm³/mol. The van der Waals surface area contributed by atoms with E-state index in [1.54, 1.807) is 31.2 Å². The molecule has 0 bridgehead atoms. The molecule has 3 aromatic rings. The average molecular weight is 637 g/mol. The number of nitrogens with zero attached hydrogens (tertiary/aromatic N) is 1. The molecule has 5 rings (SSSR count). The summed E-state index contributed by atoms with van der Waals surface area (Å²) in [4.78, 5) is 27.4. The van der Waals surface area contributed by atoms with Crippen molar-refractivity contribution in [1.82, 2.24) is 10.2 Å². The van der Waals surface area contributed by atoms with Crippen molar-refractivity contribution < 1.29 is 49.2 Å². The van der Waals surface area contributed by atoms with Crippen LogP contribution in [0.4, 0.5) is 22.4 Å². The second kappa shape index (κ2) is 12.1. The standard InChI is InChI=1S/C30H28F4N2O7S/c1-19-15-29(18-41-17-26(37)35-29)25(36(19)28(38)42-16-20-8-3-2-4-9-20)14-21-10-7-12-23(27(21)31)22-11-5-6-13-24(22)43-44(39,40)30(32,33)34/h2-13,19,25H,14-18H2,1H3,(H,35,37)/t19-,25?,29?/m1/s1. The van der Waals surface area contributed by atoms with Crippen LogP contribution in [0.3, 0.4) is 0 Å². The molecule has 44 heavy (non-hydrogen) atoms. The molecule has 0 aromatic heterocycles. The van der Waals surface area contributed by atoms with Crippen LogP contribution in [-0.4, -0.2) is 61.7 Å².